The summed E-state index contributed by atoms with van der Waals surface area (Å²) < 4.78 is 32.4. The number of nitrogens with two attached hydrogens (primary N) is 1. The maximum atomic E-state index is 11.7. The molecule has 0 radical (unpaired) electrons. The van der Waals surface area contributed by atoms with Gasteiger partial charge in [-0.25, -0.2) is 23.1 Å². The van der Waals surface area contributed by atoms with Crippen molar-refractivity contribution >= 4 is 27.8 Å². The number of hydrogen-bond acceptors (Lipinski definition) is 6. The molecule has 0 saturated carbocycles. The zero-order valence-corrected chi connectivity index (χ0v) is 11.9. The van der Waals surface area contributed by atoms with Crippen molar-refractivity contribution in [3.8, 4) is 0 Å². The summed E-state index contributed by atoms with van der Waals surface area (Å²) in [4.78, 5) is 23.5. The van der Waals surface area contributed by atoms with Crippen molar-refractivity contribution < 1.29 is 27.5 Å². The second-order valence-corrected chi connectivity index (χ2v) is 5.22. The molecule has 0 aliphatic rings. The Balaban J connectivity index is 3.62. The minimum atomic E-state index is -4.26. The number of ether oxygens (including phenoxy) is 2. The van der Waals surface area contributed by atoms with Gasteiger partial charge >= 0.3 is 12.1 Å². The SMILES string of the molecule is COC(=O)c1cccc(N(C)C(=O)OC)c1S(N)(=O)=O. The van der Waals surface area contributed by atoms with Gasteiger partial charge in [0.25, 0.3) is 0 Å². The minimum Gasteiger partial charge on any atom is -0.465 e. The molecule has 20 heavy (non-hydrogen) atoms. The number of methoxy groups -OCH3 is 2. The number of amides is 1. The van der Waals surface area contributed by atoms with Gasteiger partial charge in [0.2, 0.25) is 10.0 Å². The lowest BCUT2D eigenvalue weighted by Gasteiger charge is -2.19. The van der Waals surface area contributed by atoms with Gasteiger partial charge in [0.1, 0.15) is 4.90 Å². The van der Waals surface area contributed by atoms with Crippen molar-refractivity contribution in [1.82, 2.24) is 0 Å². The van der Waals surface area contributed by atoms with Crippen molar-refractivity contribution in [2.45, 2.75) is 4.90 Å². The Morgan fingerprint density at radius 1 is 1.20 bits per heavy atom. The molecule has 2 N–H and O–H groups in total. The summed E-state index contributed by atoms with van der Waals surface area (Å²) in [6.07, 6.45) is -0.808. The van der Waals surface area contributed by atoms with E-state index < -0.39 is 27.0 Å². The maximum absolute atomic E-state index is 11.7. The fraction of sp³-hybridized carbons (Fsp3) is 0.273. The molecule has 0 spiro atoms. The minimum absolute atomic E-state index is 0.0812. The molecule has 1 aromatic carbocycles. The molecule has 1 aromatic rings. The number of nitrogens with zero attached hydrogens (tertiary/aromatic N) is 1. The average Bonchev–Trinajstić information content (AvgIpc) is 2.42. The molecular weight excluding hydrogens is 288 g/mol. The molecule has 0 atom stereocenters. The predicted octanol–water partition coefficient (Wildman–Crippen LogP) is 0.323. The maximum Gasteiger partial charge on any atom is 0.413 e. The first kappa shape index (κ1) is 15.9. The molecule has 9 heteroatoms. The van der Waals surface area contributed by atoms with Crippen LogP contribution in [0.15, 0.2) is 23.1 Å². The number of benzene rings is 1. The zero-order valence-electron chi connectivity index (χ0n) is 11.1. The van der Waals surface area contributed by atoms with Gasteiger partial charge in [-0.3, -0.25) is 4.90 Å². The van der Waals surface area contributed by atoms with E-state index in [1.165, 1.54) is 25.2 Å². The molecule has 0 aliphatic heterocycles. The van der Waals surface area contributed by atoms with Crippen LogP contribution in [0, 0.1) is 0 Å². The summed E-state index contributed by atoms with van der Waals surface area (Å²) in [7, 11) is -0.726. The van der Waals surface area contributed by atoms with Crippen LogP contribution < -0.4 is 10.0 Å². The van der Waals surface area contributed by atoms with Crippen molar-refractivity contribution in [2.75, 3.05) is 26.2 Å². The standard InChI is InChI=1S/C11H14N2O6S/c1-13(11(15)19-3)8-6-4-5-7(10(14)18-2)9(8)20(12,16)17/h4-6H,1-3H3,(H2,12,16,17). The van der Waals surface area contributed by atoms with Gasteiger partial charge in [-0.1, -0.05) is 6.07 Å². The number of carbonyl (C=O) groups excluding carboxylic acids is 2. The van der Waals surface area contributed by atoms with E-state index >= 15 is 0 Å². The summed E-state index contributed by atoms with van der Waals surface area (Å²) >= 11 is 0. The monoisotopic (exact) mass is 302 g/mol. The fourth-order valence-electron chi connectivity index (χ4n) is 1.59. The number of hydrogen-bond donors (Lipinski definition) is 1. The van der Waals surface area contributed by atoms with Gasteiger partial charge in [0.15, 0.2) is 0 Å². The Hall–Kier alpha value is -2.13. The first-order chi connectivity index (χ1) is 9.23. The van der Waals surface area contributed by atoms with E-state index in [0.717, 1.165) is 19.1 Å². The van der Waals surface area contributed by atoms with Crippen LogP contribution in [0.3, 0.4) is 0 Å². The molecule has 0 unspecified atom stereocenters. The summed E-state index contributed by atoms with van der Waals surface area (Å²) in [6.45, 7) is 0. The van der Waals surface area contributed by atoms with Gasteiger partial charge in [-0.05, 0) is 12.1 Å². The third kappa shape index (κ3) is 3.06. The molecule has 0 heterocycles. The second kappa shape index (κ2) is 5.88. The Bertz CT molecular complexity index is 640. The lowest BCUT2D eigenvalue weighted by Crippen LogP contribution is -2.29. The summed E-state index contributed by atoms with van der Waals surface area (Å²) in [5, 5.41) is 5.12. The van der Waals surface area contributed by atoms with E-state index in [1.807, 2.05) is 0 Å². The van der Waals surface area contributed by atoms with E-state index in [4.69, 9.17) is 5.14 Å². The fourth-order valence-corrected chi connectivity index (χ4v) is 2.55. The Morgan fingerprint density at radius 2 is 1.80 bits per heavy atom. The molecule has 110 valence electrons. The van der Waals surface area contributed by atoms with Crippen molar-refractivity contribution in [1.29, 1.82) is 0 Å². The van der Waals surface area contributed by atoms with Gasteiger partial charge in [0.05, 0.1) is 25.5 Å². The first-order valence-electron chi connectivity index (χ1n) is 5.29. The quantitative estimate of drug-likeness (QED) is 0.804. The van der Waals surface area contributed by atoms with Crippen LogP contribution in [0.25, 0.3) is 0 Å². The highest BCUT2D eigenvalue weighted by molar-refractivity contribution is 7.89. The molecule has 8 nitrogen and oxygen atoms in total. The molecule has 0 aromatic heterocycles. The van der Waals surface area contributed by atoms with E-state index in [2.05, 4.69) is 9.47 Å². The third-order valence-electron chi connectivity index (χ3n) is 2.49. The topological polar surface area (TPSA) is 116 Å². The molecule has 0 fully saturated rings. The highest BCUT2D eigenvalue weighted by Crippen LogP contribution is 2.28. The van der Waals surface area contributed by atoms with Gasteiger partial charge in [-0.15, -0.1) is 0 Å². The largest absolute Gasteiger partial charge is 0.465 e. The van der Waals surface area contributed by atoms with Crippen molar-refractivity contribution in [3.63, 3.8) is 0 Å². The van der Waals surface area contributed by atoms with Crippen molar-refractivity contribution in [2.24, 2.45) is 5.14 Å². The summed E-state index contributed by atoms with van der Waals surface area (Å²) in [5.74, 6) is -0.880. The number of primary sulfonamides is 1. The highest BCUT2D eigenvalue weighted by atomic mass is 32.2. The van der Waals surface area contributed by atoms with Gasteiger partial charge in [-0.2, -0.15) is 0 Å². The molecular formula is C11H14N2O6S. The van der Waals surface area contributed by atoms with Crippen LogP contribution in [0.4, 0.5) is 10.5 Å². The van der Waals surface area contributed by atoms with E-state index in [0.29, 0.717) is 0 Å². The molecule has 1 amide bonds. The Morgan fingerprint density at radius 3 is 2.25 bits per heavy atom. The van der Waals surface area contributed by atoms with Gasteiger partial charge < -0.3 is 9.47 Å². The number of anilines is 1. The van der Waals surface area contributed by atoms with Crippen LogP contribution in [0.1, 0.15) is 10.4 Å². The smallest absolute Gasteiger partial charge is 0.413 e. The number of rotatable bonds is 3. The van der Waals surface area contributed by atoms with Crippen LogP contribution in [0.5, 0.6) is 0 Å². The van der Waals surface area contributed by atoms with E-state index in [9.17, 15) is 18.0 Å². The molecule has 1 rings (SSSR count). The molecule has 0 bridgehead atoms. The van der Waals surface area contributed by atoms with Crippen LogP contribution in [-0.2, 0) is 19.5 Å². The molecule has 0 aliphatic carbocycles. The summed E-state index contributed by atoms with van der Waals surface area (Å²) in [6, 6.07) is 3.96. The number of esters is 1. The zero-order chi connectivity index (χ0) is 15.5. The first-order valence-corrected chi connectivity index (χ1v) is 6.84. The number of carbonyl (C=O) groups is 2. The van der Waals surface area contributed by atoms with Crippen molar-refractivity contribution in [3.05, 3.63) is 23.8 Å². The number of sulfonamides is 1. The Labute approximate surface area is 116 Å². The van der Waals surface area contributed by atoms with Crippen LogP contribution in [-0.4, -0.2) is 41.7 Å². The van der Waals surface area contributed by atoms with E-state index in [1.54, 1.807) is 0 Å². The summed E-state index contributed by atoms with van der Waals surface area (Å²) in [5.41, 5.74) is -0.342. The highest BCUT2D eigenvalue weighted by Gasteiger charge is 2.27. The average molecular weight is 302 g/mol. The lowest BCUT2D eigenvalue weighted by molar-refractivity contribution is 0.0596. The Kier molecular flexibility index (Phi) is 4.69. The second-order valence-electron chi connectivity index (χ2n) is 3.72. The lowest BCUT2D eigenvalue weighted by atomic mass is 10.2. The predicted molar refractivity (Wildman–Crippen MR) is 70.0 cm³/mol. The van der Waals surface area contributed by atoms with Crippen LogP contribution in [0.2, 0.25) is 0 Å². The van der Waals surface area contributed by atoms with Crippen LogP contribution >= 0.6 is 0 Å². The third-order valence-corrected chi connectivity index (χ3v) is 3.49. The van der Waals surface area contributed by atoms with E-state index in [-0.39, 0.29) is 11.3 Å². The molecule has 0 saturated heterocycles. The normalized spacial score (nSPS) is 10.8. The van der Waals surface area contributed by atoms with Gasteiger partial charge in [0, 0.05) is 7.05 Å².